The molecule has 2 aliphatic rings. The molecule has 1 aromatic heterocycles. The zero-order valence-corrected chi connectivity index (χ0v) is 22.8. The van der Waals surface area contributed by atoms with E-state index in [-0.39, 0.29) is 22.7 Å². The van der Waals surface area contributed by atoms with Gasteiger partial charge in [-0.1, -0.05) is 58.0 Å². The molecular weight excluding hydrogens is 474 g/mol. The van der Waals surface area contributed by atoms with Gasteiger partial charge in [-0.15, -0.1) is 0 Å². The Balaban J connectivity index is 1.53. The molecule has 1 aliphatic carbocycles. The minimum Gasteiger partial charge on any atom is -0.491 e. The van der Waals surface area contributed by atoms with E-state index in [1.54, 1.807) is 0 Å². The summed E-state index contributed by atoms with van der Waals surface area (Å²) in [5, 5.41) is 11.1. The van der Waals surface area contributed by atoms with E-state index in [1.165, 1.54) is 5.56 Å². The van der Waals surface area contributed by atoms with Gasteiger partial charge >= 0.3 is 0 Å². The fourth-order valence-electron chi connectivity index (χ4n) is 5.78. The zero-order chi connectivity index (χ0) is 27.2. The number of nitrogens with two attached hydrogens (primary N) is 1. The highest BCUT2D eigenvalue weighted by atomic mass is 16.5. The lowest BCUT2D eigenvalue weighted by Gasteiger charge is -2.37. The number of ketones is 1. The van der Waals surface area contributed by atoms with Gasteiger partial charge in [0.05, 0.1) is 12.5 Å². The van der Waals surface area contributed by atoms with Crippen LogP contribution >= 0.6 is 0 Å². The largest absolute Gasteiger partial charge is 0.491 e. The Morgan fingerprint density at radius 2 is 1.97 bits per heavy atom. The van der Waals surface area contributed by atoms with Crippen molar-refractivity contribution in [3.8, 4) is 11.8 Å². The molecule has 0 spiro atoms. The Bertz CT molecular complexity index is 1530. The highest BCUT2D eigenvalue weighted by Gasteiger charge is 2.43. The van der Waals surface area contributed by atoms with Crippen LogP contribution in [0.4, 0.5) is 0 Å². The summed E-state index contributed by atoms with van der Waals surface area (Å²) in [5.41, 5.74) is 11.2. The number of para-hydroxylation sites is 1. The highest BCUT2D eigenvalue weighted by Crippen LogP contribution is 2.49. The lowest BCUT2D eigenvalue weighted by molar-refractivity contribution is -0.119. The summed E-state index contributed by atoms with van der Waals surface area (Å²) >= 11 is 0. The summed E-state index contributed by atoms with van der Waals surface area (Å²) in [6.07, 6.45) is 3.06. The molecule has 1 unspecified atom stereocenters. The van der Waals surface area contributed by atoms with E-state index in [2.05, 4.69) is 69.5 Å². The number of ether oxygens (including phenoxy) is 2. The average Bonchev–Trinajstić information content (AvgIpc) is 3.20. The predicted octanol–water partition coefficient (Wildman–Crippen LogP) is 6.60. The minimum absolute atomic E-state index is 0.0160. The molecule has 1 aliphatic heterocycles. The molecule has 6 nitrogen and oxygen atoms in total. The number of allylic oxidation sites excluding steroid dienone is 3. The van der Waals surface area contributed by atoms with Gasteiger partial charge in [0.25, 0.3) is 0 Å². The summed E-state index contributed by atoms with van der Waals surface area (Å²) in [6, 6.07) is 16.7. The number of hydrogen-bond acceptors (Lipinski definition) is 5. The second kappa shape index (κ2) is 9.72. The van der Waals surface area contributed by atoms with Crippen LogP contribution in [0.2, 0.25) is 0 Å². The van der Waals surface area contributed by atoms with Gasteiger partial charge in [-0.3, -0.25) is 4.79 Å². The third-order valence-corrected chi connectivity index (χ3v) is 7.59. The van der Waals surface area contributed by atoms with Crippen molar-refractivity contribution in [1.29, 1.82) is 5.26 Å². The van der Waals surface area contributed by atoms with Gasteiger partial charge in [0, 0.05) is 35.5 Å². The van der Waals surface area contributed by atoms with Crippen LogP contribution < -0.4 is 10.5 Å². The molecule has 2 N–H and O–H groups in total. The summed E-state index contributed by atoms with van der Waals surface area (Å²) in [7, 11) is 0. The summed E-state index contributed by atoms with van der Waals surface area (Å²) < 4.78 is 14.3. The topological polar surface area (TPSA) is 90.3 Å². The second-order valence-electron chi connectivity index (χ2n) is 11.5. The van der Waals surface area contributed by atoms with Crippen LogP contribution in [-0.2, 0) is 16.1 Å². The normalized spacial score (nSPS) is 19.0. The van der Waals surface area contributed by atoms with Crippen LogP contribution in [0, 0.1) is 23.7 Å². The molecule has 0 saturated heterocycles. The number of nitrogens with zero attached hydrogens (tertiary/aromatic N) is 2. The van der Waals surface area contributed by atoms with Gasteiger partial charge in [-0.05, 0) is 47.1 Å². The standard InChI is InChI=1S/C32H35N3O3/c1-19(2)21-11-10-20(3)14-27(21)37-13-12-35-18-24(22-8-6-7-9-25(22)35)29-23(17-33)31(34)38-28-16-32(4,5)15-26(36)30(28)29/h6-11,14,18-19,29H,12-13,15-16,34H2,1-5H3. The summed E-state index contributed by atoms with van der Waals surface area (Å²) in [4.78, 5) is 13.4. The fraction of sp³-hybridized carbons (Fsp3) is 0.375. The number of aromatic nitrogens is 1. The Kier molecular flexibility index (Phi) is 6.56. The first-order valence-electron chi connectivity index (χ1n) is 13.2. The number of rotatable bonds is 6. The predicted molar refractivity (Wildman–Crippen MR) is 148 cm³/mol. The molecule has 38 heavy (non-hydrogen) atoms. The van der Waals surface area contributed by atoms with Crippen molar-refractivity contribution in [1.82, 2.24) is 4.57 Å². The van der Waals surface area contributed by atoms with Gasteiger partial charge < -0.3 is 19.8 Å². The molecule has 5 rings (SSSR count). The molecule has 2 aromatic carbocycles. The van der Waals surface area contributed by atoms with E-state index >= 15 is 0 Å². The quantitative estimate of drug-likeness (QED) is 0.404. The lowest BCUT2D eigenvalue weighted by atomic mass is 9.70. The maximum atomic E-state index is 13.4. The molecule has 3 aromatic rings. The molecule has 0 fully saturated rings. The maximum absolute atomic E-state index is 13.4. The molecule has 0 saturated carbocycles. The number of aryl methyl sites for hydroxylation is 1. The van der Waals surface area contributed by atoms with Crippen LogP contribution in [0.1, 0.15) is 69.1 Å². The van der Waals surface area contributed by atoms with Gasteiger partial charge in [0.2, 0.25) is 5.88 Å². The minimum atomic E-state index is -0.552. The van der Waals surface area contributed by atoms with Crippen molar-refractivity contribution in [2.45, 2.75) is 65.8 Å². The first-order valence-corrected chi connectivity index (χ1v) is 13.2. The smallest absolute Gasteiger partial charge is 0.205 e. The SMILES string of the molecule is Cc1ccc(C(C)C)c(OCCn2cc(C3C(C#N)=C(N)OC4=C3C(=O)CC(C)(C)C4)c3ccccc32)c1. The van der Waals surface area contributed by atoms with Crippen LogP contribution in [0.25, 0.3) is 10.9 Å². The van der Waals surface area contributed by atoms with Crippen molar-refractivity contribution in [2.75, 3.05) is 6.61 Å². The molecule has 6 heteroatoms. The Morgan fingerprint density at radius 1 is 1.21 bits per heavy atom. The van der Waals surface area contributed by atoms with Gasteiger partial charge in [-0.2, -0.15) is 5.26 Å². The van der Waals surface area contributed by atoms with Crippen molar-refractivity contribution in [2.24, 2.45) is 11.1 Å². The van der Waals surface area contributed by atoms with E-state index in [0.717, 1.165) is 27.8 Å². The fourth-order valence-corrected chi connectivity index (χ4v) is 5.78. The maximum Gasteiger partial charge on any atom is 0.205 e. The Labute approximate surface area is 224 Å². The van der Waals surface area contributed by atoms with Crippen LogP contribution in [0.5, 0.6) is 5.75 Å². The van der Waals surface area contributed by atoms with Crippen LogP contribution in [-0.4, -0.2) is 17.0 Å². The summed E-state index contributed by atoms with van der Waals surface area (Å²) in [5.74, 6) is 1.41. The van der Waals surface area contributed by atoms with E-state index in [1.807, 2.05) is 24.4 Å². The first-order chi connectivity index (χ1) is 18.1. The number of carbonyl (C=O) groups is 1. The van der Waals surface area contributed by atoms with Gasteiger partial charge in [0.15, 0.2) is 5.78 Å². The molecule has 196 valence electrons. The zero-order valence-electron chi connectivity index (χ0n) is 22.8. The third-order valence-electron chi connectivity index (χ3n) is 7.59. The lowest BCUT2D eigenvalue weighted by Crippen LogP contribution is -2.33. The van der Waals surface area contributed by atoms with Gasteiger partial charge in [-0.25, -0.2) is 0 Å². The highest BCUT2D eigenvalue weighted by molar-refractivity contribution is 6.01. The summed E-state index contributed by atoms with van der Waals surface area (Å²) in [6.45, 7) is 11.6. The number of fused-ring (bicyclic) bond motifs is 1. The van der Waals surface area contributed by atoms with Crippen LogP contribution in [0.15, 0.2) is 71.4 Å². The molecule has 2 heterocycles. The van der Waals surface area contributed by atoms with Crippen molar-refractivity contribution in [3.63, 3.8) is 0 Å². The van der Waals surface area contributed by atoms with E-state index in [9.17, 15) is 10.1 Å². The van der Waals surface area contributed by atoms with Crippen LogP contribution in [0.3, 0.4) is 0 Å². The first kappa shape index (κ1) is 25.7. The van der Waals surface area contributed by atoms with Crippen molar-refractivity contribution < 1.29 is 14.3 Å². The van der Waals surface area contributed by atoms with E-state index in [4.69, 9.17) is 15.2 Å². The number of benzene rings is 2. The Morgan fingerprint density at radius 3 is 2.71 bits per heavy atom. The van der Waals surface area contributed by atoms with Crippen molar-refractivity contribution in [3.05, 3.63) is 88.1 Å². The molecular formula is C32H35N3O3. The molecule has 0 bridgehead atoms. The Hall–Kier alpha value is -3.98. The number of Topliss-reactive ketones (excluding diaryl/α,β-unsaturated/α-hetero) is 1. The second-order valence-corrected chi connectivity index (χ2v) is 11.5. The number of nitriles is 1. The van der Waals surface area contributed by atoms with Crippen molar-refractivity contribution >= 4 is 16.7 Å². The van der Waals surface area contributed by atoms with E-state index < -0.39 is 5.92 Å². The molecule has 0 amide bonds. The third kappa shape index (κ3) is 4.58. The number of carbonyl (C=O) groups excluding carboxylic acids is 1. The van der Waals surface area contributed by atoms with Gasteiger partial charge in [0.1, 0.15) is 29.8 Å². The number of hydrogen-bond donors (Lipinski definition) is 1. The van der Waals surface area contributed by atoms with E-state index in [0.29, 0.717) is 43.2 Å². The average molecular weight is 510 g/mol. The molecule has 0 radical (unpaired) electrons. The monoisotopic (exact) mass is 509 g/mol. The molecule has 1 atom stereocenters.